The first-order valence-corrected chi connectivity index (χ1v) is 9.46. The number of carboxylic acid groups (broad SMARTS) is 1. The highest BCUT2D eigenvalue weighted by Gasteiger charge is 2.28. The van der Waals surface area contributed by atoms with E-state index < -0.39 is 18.0 Å². The van der Waals surface area contributed by atoms with E-state index in [1.807, 2.05) is 20.8 Å². The van der Waals surface area contributed by atoms with E-state index in [4.69, 9.17) is 9.84 Å². The van der Waals surface area contributed by atoms with Crippen LogP contribution in [0.15, 0.2) is 6.07 Å². The molecule has 7 nitrogen and oxygen atoms in total. The average Bonchev–Trinajstić information content (AvgIpc) is 2.98. The molecule has 1 heterocycles. The van der Waals surface area contributed by atoms with Crippen molar-refractivity contribution in [2.24, 2.45) is 5.92 Å². The molecule has 0 bridgehead atoms. The SMILES string of the molecule is COC(=O)c1cc(C(C)(C)C)sc1NC(=O)NC1CCC(C(=O)O)CC1. The smallest absolute Gasteiger partial charge is 0.340 e. The number of methoxy groups -OCH3 is 1. The number of thiophene rings is 1. The van der Waals surface area contributed by atoms with E-state index in [-0.39, 0.29) is 17.4 Å². The van der Waals surface area contributed by atoms with Gasteiger partial charge in [-0.25, -0.2) is 9.59 Å². The molecule has 0 radical (unpaired) electrons. The molecule has 1 aliphatic carbocycles. The number of ether oxygens (including phenoxy) is 1. The minimum Gasteiger partial charge on any atom is -0.481 e. The Morgan fingerprint density at radius 2 is 1.81 bits per heavy atom. The van der Waals surface area contributed by atoms with Gasteiger partial charge in [-0.1, -0.05) is 20.8 Å². The van der Waals surface area contributed by atoms with Crippen LogP contribution in [0.1, 0.15) is 61.7 Å². The van der Waals surface area contributed by atoms with Gasteiger partial charge in [-0.3, -0.25) is 10.1 Å². The highest BCUT2D eigenvalue weighted by Crippen LogP contribution is 2.36. The third kappa shape index (κ3) is 4.97. The molecule has 0 atom stereocenters. The van der Waals surface area contributed by atoms with Gasteiger partial charge in [0.15, 0.2) is 0 Å². The van der Waals surface area contributed by atoms with E-state index in [0.717, 1.165) is 4.88 Å². The van der Waals surface area contributed by atoms with Gasteiger partial charge in [-0.2, -0.15) is 0 Å². The van der Waals surface area contributed by atoms with Crippen molar-refractivity contribution < 1.29 is 24.2 Å². The summed E-state index contributed by atoms with van der Waals surface area (Å²) >= 11 is 1.35. The maximum absolute atomic E-state index is 12.3. The molecule has 1 saturated carbocycles. The summed E-state index contributed by atoms with van der Waals surface area (Å²) in [6, 6.07) is 1.30. The van der Waals surface area contributed by atoms with E-state index in [9.17, 15) is 14.4 Å². The summed E-state index contributed by atoms with van der Waals surface area (Å²) in [7, 11) is 1.31. The van der Waals surface area contributed by atoms with Gasteiger partial charge in [0.2, 0.25) is 0 Å². The average molecular weight is 382 g/mol. The van der Waals surface area contributed by atoms with Gasteiger partial charge < -0.3 is 15.2 Å². The lowest BCUT2D eigenvalue weighted by molar-refractivity contribution is -0.142. The fourth-order valence-corrected chi connectivity index (χ4v) is 4.02. The number of carbonyl (C=O) groups is 3. The van der Waals surface area contributed by atoms with Crippen LogP contribution >= 0.6 is 11.3 Å². The first-order valence-electron chi connectivity index (χ1n) is 8.64. The summed E-state index contributed by atoms with van der Waals surface area (Å²) in [5.74, 6) is -1.59. The van der Waals surface area contributed by atoms with Crippen molar-refractivity contribution in [1.82, 2.24) is 5.32 Å². The van der Waals surface area contributed by atoms with Crippen LogP contribution in [0.5, 0.6) is 0 Å². The summed E-state index contributed by atoms with van der Waals surface area (Å²) in [6.07, 6.45) is 2.37. The number of hydrogen-bond acceptors (Lipinski definition) is 5. The Hall–Kier alpha value is -2.09. The predicted molar refractivity (Wildman–Crippen MR) is 99.9 cm³/mol. The molecule has 2 amide bonds. The fraction of sp³-hybridized carbons (Fsp3) is 0.611. The molecule has 144 valence electrons. The minimum absolute atomic E-state index is 0.0609. The van der Waals surface area contributed by atoms with Crippen LogP contribution in [0.4, 0.5) is 9.80 Å². The zero-order valence-corrected chi connectivity index (χ0v) is 16.4. The van der Waals surface area contributed by atoms with Crippen LogP contribution in [0.3, 0.4) is 0 Å². The van der Waals surface area contributed by atoms with E-state index >= 15 is 0 Å². The third-order valence-electron chi connectivity index (χ3n) is 4.52. The highest BCUT2D eigenvalue weighted by molar-refractivity contribution is 7.16. The molecule has 1 fully saturated rings. The molecule has 2 rings (SSSR count). The molecule has 1 aromatic rings. The number of rotatable bonds is 4. The molecule has 1 aromatic heterocycles. The van der Waals surface area contributed by atoms with Crippen molar-refractivity contribution in [2.75, 3.05) is 12.4 Å². The topological polar surface area (TPSA) is 105 Å². The molecular formula is C18H26N2O5S. The lowest BCUT2D eigenvalue weighted by Crippen LogP contribution is -2.41. The molecular weight excluding hydrogens is 356 g/mol. The first kappa shape index (κ1) is 20.2. The number of amides is 2. The van der Waals surface area contributed by atoms with Crippen LogP contribution in [0.25, 0.3) is 0 Å². The summed E-state index contributed by atoms with van der Waals surface area (Å²) in [6.45, 7) is 6.10. The third-order valence-corrected chi connectivity index (χ3v) is 5.99. The van der Waals surface area contributed by atoms with Gasteiger partial charge in [0.05, 0.1) is 18.6 Å². The number of carboxylic acids is 1. The van der Waals surface area contributed by atoms with Crippen molar-refractivity contribution in [3.8, 4) is 0 Å². The van der Waals surface area contributed by atoms with Crippen molar-refractivity contribution >= 4 is 34.3 Å². The van der Waals surface area contributed by atoms with Crippen molar-refractivity contribution in [1.29, 1.82) is 0 Å². The number of anilines is 1. The van der Waals surface area contributed by atoms with Gasteiger partial charge in [-0.05, 0) is 37.2 Å². The van der Waals surface area contributed by atoms with Crippen LogP contribution < -0.4 is 10.6 Å². The van der Waals surface area contributed by atoms with Gasteiger partial charge in [0.25, 0.3) is 0 Å². The zero-order valence-electron chi connectivity index (χ0n) is 15.5. The molecule has 3 N–H and O–H groups in total. The molecule has 0 aliphatic heterocycles. The van der Waals surface area contributed by atoms with Crippen LogP contribution in [0.2, 0.25) is 0 Å². The zero-order chi connectivity index (χ0) is 19.5. The second-order valence-corrected chi connectivity index (χ2v) is 8.63. The van der Waals surface area contributed by atoms with Crippen molar-refractivity contribution in [2.45, 2.75) is 57.9 Å². The first-order chi connectivity index (χ1) is 12.1. The van der Waals surface area contributed by atoms with E-state index in [2.05, 4.69) is 10.6 Å². The number of aliphatic carboxylic acids is 1. The fourth-order valence-electron chi connectivity index (χ4n) is 2.92. The Morgan fingerprint density at radius 1 is 1.19 bits per heavy atom. The molecule has 8 heteroatoms. The summed E-state index contributed by atoms with van der Waals surface area (Å²) in [5, 5.41) is 15.1. The van der Waals surface area contributed by atoms with Gasteiger partial charge in [0, 0.05) is 10.9 Å². The second kappa shape index (κ2) is 8.07. The maximum atomic E-state index is 12.3. The van der Waals surface area contributed by atoms with Crippen LogP contribution in [0, 0.1) is 5.92 Å². The molecule has 0 spiro atoms. The molecule has 0 unspecified atom stereocenters. The standard InChI is InChI=1S/C18H26N2O5S/c1-18(2,3)13-9-12(16(23)25-4)14(26-13)20-17(24)19-11-7-5-10(6-8-11)15(21)22/h9-11H,5-8H2,1-4H3,(H,21,22)(H2,19,20,24). The normalized spacial score (nSPS) is 20.3. The van der Waals surface area contributed by atoms with Crippen LogP contribution in [-0.2, 0) is 14.9 Å². The van der Waals surface area contributed by atoms with Crippen LogP contribution in [-0.4, -0.2) is 36.2 Å². The number of carbonyl (C=O) groups excluding carboxylic acids is 2. The van der Waals surface area contributed by atoms with E-state index in [1.165, 1.54) is 18.4 Å². The Labute approximate surface area is 157 Å². The van der Waals surface area contributed by atoms with Crippen molar-refractivity contribution in [3.63, 3.8) is 0 Å². The molecule has 0 aromatic carbocycles. The lowest BCUT2D eigenvalue weighted by atomic mass is 9.86. The minimum atomic E-state index is -0.774. The van der Waals surface area contributed by atoms with E-state index in [0.29, 0.717) is 36.2 Å². The van der Waals surface area contributed by atoms with Crippen molar-refractivity contribution in [3.05, 3.63) is 16.5 Å². The van der Waals surface area contributed by atoms with Gasteiger partial charge >= 0.3 is 18.0 Å². The summed E-state index contributed by atoms with van der Waals surface area (Å²) in [5.41, 5.74) is 0.186. The second-order valence-electron chi connectivity index (χ2n) is 7.58. The van der Waals surface area contributed by atoms with E-state index in [1.54, 1.807) is 6.07 Å². The number of nitrogens with one attached hydrogen (secondary N) is 2. The molecule has 0 saturated heterocycles. The van der Waals surface area contributed by atoms with Gasteiger partial charge in [0.1, 0.15) is 5.00 Å². The maximum Gasteiger partial charge on any atom is 0.340 e. The summed E-state index contributed by atoms with van der Waals surface area (Å²) in [4.78, 5) is 36.3. The Balaban J connectivity index is 2.03. The largest absolute Gasteiger partial charge is 0.481 e. The monoisotopic (exact) mass is 382 g/mol. The molecule has 26 heavy (non-hydrogen) atoms. The Bertz CT molecular complexity index is 684. The highest BCUT2D eigenvalue weighted by atomic mass is 32.1. The predicted octanol–water partition coefficient (Wildman–Crippen LogP) is 3.60. The number of esters is 1. The lowest BCUT2D eigenvalue weighted by Gasteiger charge is -2.26. The number of hydrogen-bond donors (Lipinski definition) is 3. The summed E-state index contributed by atoms with van der Waals surface area (Å²) < 4.78 is 4.81. The Morgan fingerprint density at radius 3 is 2.31 bits per heavy atom. The number of urea groups is 1. The van der Waals surface area contributed by atoms with Gasteiger partial charge in [-0.15, -0.1) is 11.3 Å². The quantitative estimate of drug-likeness (QED) is 0.690. The molecule has 1 aliphatic rings. The Kier molecular flexibility index (Phi) is 6.28.